The number of carbonyl (C=O) groups excluding carboxylic acids is 1. The minimum Gasteiger partial charge on any atom is -0.465 e. The third kappa shape index (κ3) is 3.80. The summed E-state index contributed by atoms with van der Waals surface area (Å²) in [6.45, 7) is 4.82. The van der Waals surface area contributed by atoms with E-state index in [1.165, 1.54) is 19.2 Å². The lowest BCUT2D eigenvalue weighted by Crippen LogP contribution is -2.36. The summed E-state index contributed by atoms with van der Waals surface area (Å²) >= 11 is 0. The Morgan fingerprint density at radius 3 is 2.76 bits per heavy atom. The Balaban J connectivity index is 1.82. The molecule has 0 radical (unpaired) electrons. The molecule has 5 rings (SSSR count). The van der Waals surface area contributed by atoms with Gasteiger partial charge in [0.25, 0.3) is 0 Å². The molecular formula is C25H25FN4O3. The number of anilines is 1. The van der Waals surface area contributed by atoms with Crippen molar-refractivity contribution >= 4 is 33.6 Å². The fourth-order valence-corrected chi connectivity index (χ4v) is 4.44. The van der Waals surface area contributed by atoms with Crippen molar-refractivity contribution in [3.8, 4) is 5.69 Å². The van der Waals surface area contributed by atoms with Crippen molar-refractivity contribution in [3.63, 3.8) is 0 Å². The summed E-state index contributed by atoms with van der Waals surface area (Å²) in [5.41, 5.74) is 4.15. The number of pyridine rings is 1. The number of methoxy groups -OCH3 is 1. The molecular weight excluding hydrogens is 423 g/mol. The fraction of sp³-hybridized carbons (Fsp3) is 0.320. The number of hydrogen-bond donors (Lipinski definition) is 0. The molecule has 4 aromatic rings. The van der Waals surface area contributed by atoms with E-state index in [4.69, 9.17) is 14.5 Å². The molecule has 0 aliphatic carbocycles. The molecule has 1 aliphatic rings. The van der Waals surface area contributed by atoms with E-state index in [0.29, 0.717) is 36.2 Å². The minimum atomic E-state index is -0.426. The maximum Gasteiger partial charge on any atom is 0.340 e. The van der Waals surface area contributed by atoms with Gasteiger partial charge in [0.1, 0.15) is 17.2 Å². The van der Waals surface area contributed by atoms with Gasteiger partial charge in [0.2, 0.25) is 0 Å². The quantitative estimate of drug-likeness (QED) is 0.424. The third-order valence-corrected chi connectivity index (χ3v) is 5.99. The zero-order valence-corrected chi connectivity index (χ0v) is 18.7. The fourth-order valence-electron chi connectivity index (χ4n) is 4.44. The maximum absolute atomic E-state index is 13.9. The number of esters is 1. The molecule has 7 nitrogen and oxygen atoms in total. The lowest BCUT2D eigenvalue weighted by molar-refractivity contribution is 0.0603. The normalized spacial score (nSPS) is 14.2. The first kappa shape index (κ1) is 21.3. The number of ether oxygens (including phenoxy) is 2. The van der Waals surface area contributed by atoms with Crippen molar-refractivity contribution < 1.29 is 18.7 Å². The largest absolute Gasteiger partial charge is 0.465 e. The summed E-state index contributed by atoms with van der Waals surface area (Å²) in [6.07, 6.45) is 3.27. The molecule has 0 N–H and O–H groups in total. The topological polar surface area (TPSA) is 69.5 Å². The Morgan fingerprint density at radius 2 is 2.00 bits per heavy atom. The van der Waals surface area contributed by atoms with Gasteiger partial charge in [-0.15, -0.1) is 0 Å². The molecule has 1 saturated heterocycles. The van der Waals surface area contributed by atoms with Crippen LogP contribution in [0.15, 0.2) is 42.6 Å². The highest BCUT2D eigenvalue weighted by Gasteiger charge is 2.23. The van der Waals surface area contributed by atoms with Crippen LogP contribution in [-0.4, -0.2) is 53.9 Å². The van der Waals surface area contributed by atoms with Crippen molar-refractivity contribution in [2.75, 3.05) is 38.3 Å². The van der Waals surface area contributed by atoms with Crippen LogP contribution in [0.25, 0.3) is 27.6 Å². The Hall–Kier alpha value is -3.52. The number of aromatic nitrogens is 3. The molecule has 0 saturated carbocycles. The first-order valence-corrected chi connectivity index (χ1v) is 11.1. The van der Waals surface area contributed by atoms with E-state index < -0.39 is 5.97 Å². The monoisotopic (exact) mass is 448 g/mol. The van der Waals surface area contributed by atoms with Crippen molar-refractivity contribution in [2.45, 2.75) is 19.8 Å². The molecule has 2 aromatic heterocycles. The molecule has 1 fully saturated rings. The van der Waals surface area contributed by atoms with Crippen molar-refractivity contribution in [1.82, 2.24) is 14.5 Å². The van der Waals surface area contributed by atoms with Gasteiger partial charge in [-0.1, -0.05) is 6.92 Å². The first-order valence-electron chi connectivity index (χ1n) is 11.1. The number of nitrogens with zero attached hydrogens (tertiary/aromatic N) is 4. The number of carbonyl (C=O) groups is 1. The van der Waals surface area contributed by atoms with Crippen LogP contribution in [0.4, 0.5) is 10.1 Å². The molecule has 170 valence electrons. The summed E-state index contributed by atoms with van der Waals surface area (Å²) in [5, 5.41) is 0.812. The van der Waals surface area contributed by atoms with Crippen LogP contribution in [0.3, 0.4) is 0 Å². The number of hydrogen-bond acceptors (Lipinski definition) is 6. The highest BCUT2D eigenvalue weighted by molar-refractivity contribution is 6.05. The van der Waals surface area contributed by atoms with Crippen molar-refractivity contribution in [2.24, 2.45) is 0 Å². The van der Waals surface area contributed by atoms with Gasteiger partial charge in [-0.25, -0.2) is 14.2 Å². The van der Waals surface area contributed by atoms with Gasteiger partial charge in [-0.3, -0.25) is 9.55 Å². The molecule has 1 aliphatic heterocycles. The summed E-state index contributed by atoms with van der Waals surface area (Å²) in [7, 11) is 1.38. The van der Waals surface area contributed by atoms with E-state index in [0.717, 1.165) is 47.6 Å². The predicted octanol–water partition coefficient (Wildman–Crippen LogP) is 4.29. The third-order valence-electron chi connectivity index (χ3n) is 5.99. The maximum atomic E-state index is 13.9. The molecule has 3 heterocycles. The van der Waals surface area contributed by atoms with E-state index in [9.17, 15) is 9.18 Å². The standard InChI is InChI=1S/C25H25FN4O3/c1-3-4-23-28-24-19(25(31)32-2)14-17(29-9-11-33-12-10-29)15-22(24)30(23)21-7-8-27-20-13-16(26)5-6-18(20)21/h5-8,13-15H,3-4,9-12H2,1-2H3. The number of rotatable bonds is 5. The zero-order chi connectivity index (χ0) is 22.9. The Kier molecular flexibility index (Phi) is 5.68. The Bertz CT molecular complexity index is 1340. The zero-order valence-electron chi connectivity index (χ0n) is 18.7. The molecule has 0 bridgehead atoms. The number of fused-ring (bicyclic) bond motifs is 2. The van der Waals surface area contributed by atoms with Gasteiger partial charge in [0.05, 0.1) is 42.6 Å². The number of aryl methyl sites for hydroxylation is 1. The molecule has 8 heteroatoms. The van der Waals surface area contributed by atoms with Crippen molar-refractivity contribution in [3.05, 3.63) is 59.8 Å². The molecule has 0 atom stereocenters. The predicted molar refractivity (Wildman–Crippen MR) is 125 cm³/mol. The van der Waals surface area contributed by atoms with Crippen LogP contribution in [0.2, 0.25) is 0 Å². The van der Waals surface area contributed by atoms with E-state index in [1.807, 2.05) is 12.1 Å². The molecule has 33 heavy (non-hydrogen) atoms. The summed E-state index contributed by atoms with van der Waals surface area (Å²) in [6, 6.07) is 10.4. The van der Waals surface area contributed by atoms with Crippen LogP contribution in [0, 0.1) is 5.82 Å². The van der Waals surface area contributed by atoms with Crippen LogP contribution in [-0.2, 0) is 15.9 Å². The highest BCUT2D eigenvalue weighted by Crippen LogP contribution is 2.33. The van der Waals surface area contributed by atoms with E-state index in [2.05, 4.69) is 27.4 Å². The first-order chi connectivity index (χ1) is 16.1. The van der Waals surface area contributed by atoms with Crippen LogP contribution < -0.4 is 4.90 Å². The second-order valence-corrected chi connectivity index (χ2v) is 8.06. The number of benzene rings is 2. The van der Waals surface area contributed by atoms with Crippen LogP contribution >= 0.6 is 0 Å². The Morgan fingerprint density at radius 1 is 1.18 bits per heavy atom. The Labute approximate surface area is 190 Å². The lowest BCUT2D eigenvalue weighted by atomic mass is 10.1. The number of morpholine rings is 1. The highest BCUT2D eigenvalue weighted by atomic mass is 19.1. The number of halogens is 1. The summed E-state index contributed by atoms with van der Waals surface area (Å²) in [5.74, 6) is 0.0667. The van der Waals surface area contributed by atoms with E-state index in [1.54, 1.807) is 12.3 Å². The SMILES string of the molecule is CCCc1nc2c(C(=O)OC)cc(N3CCOCC3)cc2n1-c1ccnc2cc(F)ccc12. The molecule has 2 aromatic carbocycles. The van der Waals surface area contributed by atoms with Gasteiger partial charge in [0.15, 0.2) is 0 Å². The number of imidazole rings is 1. The van der Waals surface area contributed by atoms with Gasteiger partial charge in [-0.05, 0) is 36.8 Å². The van der Waals surface area contributed by atoms with E-state index >= 15 is 0 Å². The molecule has 0 unspecified atom stereocenters. The smallest absolute Gasteiger partial charge is 0.340 e. The summed E-state index contributed by atoms with van der Waals surface area (Å²) < 4.78 is 26.6. The van der Waals surface area contributed by atoms with Crippen LogP contribution in [0.5, 0.6) is 0 Å². The summed E-state index contributed by atoms with van der Waals surface area (Å²) in [4.78, 5) is 24.2. The second kappa shape index (κ2) is 8.78. The molecule has 0 spiro atoms. The van der Waals surface area contributed by atoms with E-state index in [-0.39, 0.29) is 5.82 Å². The van der Waals surface area contributed by atoms with Gasteiger partial charge < -0.3 is 14.4 Å². The van der Waals surface area contributed by atoms with Gasteiger partial charge >= 0.3 is 5.97 Å². The lowest BCUT2D eigenvalue weighted by Gasteiger charge is -2.29. The van der Waals surface area contributed by atoms with Gasteiger partial charge in [0, 0.05) is 42.8 Å². The molecule has 0 amide bonds. The van der Waals surface area contributed by atoms with Crippen LogP contribution in [0.1, 0.15) is 29.5 Å². The minimum absolute atomic E-state index is 0.334. The second-order valence-electron chi connectivity index (χ2n) is 8.06. The van der Waals surface area contributed by atoms with Crippen molar-refractivity contribution in [1.29, 1.82) is 0 Å². The average molecular weight is 448 g/mol. The average Bonchev–Trinajstić information content (AvgIpc) is 3.20. The van der Waals surface area contributed by atoms with Gasteiger partial charge in [-0.2, -0.15) is 0 Å².